The van der Waals surface area contributed by atoms with Gasteiger partial charge < -0.3 is 9.47 Å². The first-order chi connectivity index (χ1) is 14.0. The monoisotopic (exact) mass is 433 g/mol. The number of nitrogens with zero attached hydrogens (tertiary/aromatic N) is 1. The van der Waals surface area contributed by atoms with Crippen molar-refractivity contribution in [3.63, 3.8) is 0 Å². The molecule has 0 saturated heterocycles. The van der Waals surface area contributed by atoms with E-state index in [1.165, 1.54) is 29.4 Å². The highest BCUT2D eigenvalue weighted by Gasteiger charge is 2.33. The van der Waals surface area contributed by atoms with Gasteiger partial charge in [0.05, 0.1) is 7.11 Å². The van der Waals surface area contributed by atoms with Crippen molar-refractivity contribution < 1.29 is 19.1 Å². The van der Waals surface area contributed by atoms with Crippen molar-refractivity contribution in [2.24, 2.45) is 0 Å². The van der Waals surface area contributed by atoms with Crippen molar-refractivity contribution in [2.45, 2.75) is 38.8 Å². The lowest BCUT2D eigenvalue weighted by molar-refractivity contribution is -0.147. The average Bonchev–Trinajstić information content (AvgIpc) is 3.11. The van der Waals surface area contributed by atoms with Crippen LogP contribution in [-0.2, 0) is 27.3 Å². The van der Waals surface area contributed by atoms with Gasteiger partial charge in [-0.2, -0.15) is 0 Å². The van der Waals surface area contributed by atoms with Crippen molar-refractivity contribution in [1.82, 2.24) is 4.90 Å². The molecule has 0 saturated carbocycles. The van der Waals surface area contributed by atoms with Gasteiger partial charge in [0.2, 0.25) is 0 Å². The first-order valence-corrected chi connectivity index (χ1v) is 10.8. The van der Waals surface area contributed by atoms with Gasteiger partial charge in [0.1, 0.15) is 6.04 Å². The number of methoxy groups -OCH3 is 1. The van der Waals surface area contributed by atoms with Crippen LogP contribution in [0.4, 0.5) is 0 Å². The summed E-state index contributed by atoms with van der Waals surface area (Å²) in [6.07, 6.45) is 5.89. The zero-order chi connectivity index (χ0) is 20.8. The van der Waals surface area contributed by atoms with E-state index in [2.05, 4.69) is 11.8 Å². The third-order valence-electron chi connectivity index (χ3n) is 4.77. The van der Waals surface area contributed by atoms with Crippen LogP contribution >= 0.6 is 22.9 Å². The molecular weight excluding hydrogens is 410 g/mol. The lowest BCUT2D eigenvalue weighted by atomic mass is 10.0. The van der Waals surface area contributed by atoms with Crippen molar-refractivity contribution in [3.8, 4) is 5.06 Å². The highest BCUT2D eigenvalue weighted by molar-refractivity contribution is 7.14. The third kappa shape index (κ3) is 5.26. The minimum absolute atomic E-state index is 0.343. The molecule has 1 aliphatic rings. The van der Waals surface area contributed by atoms with Crippen LogP contribution in [0.3, 0.4) is 0 Å². The van der Waals surface area contributed by atoms with Gasteiger partial charge >= 0.3 is 11.9 Å². The molecule has 0 radical (unpaired) electrons. The van der Waals surface area contributed by atoms with Crippen LogP contribution in [0, 0.1) is 0 Å². The van der Waals surface area contributed by atoms with Crippen molar-refractivity contribution in [1.29, 1.82) is 0 Å². The molecule has 0 aliphatic carbocycles. The number of ether oxygens (including phenoxy) is 2. The second kappa shape index (κ2) is 10.1. The number of rotatable bonds is 7. The van der Waals surface area contributed by atoms with Crippen LogP contribution in [0.1, 0.15) is 41.8 Å². The first kappa shape index (κ1) is 21.6. The molecule has 2 heterocycles. The van der Waals surface area contributed by atoms with Crippen LogP contribution in [0.5, 0.6) is 5.06 Å². The first-order valence-electron chi connectivity index (χ1n) is 9.59. The summed E-state index contributed by atoms with van der Waals surface area (Å²) in [5.74, 6) is -0.707. The van der Waals surface area contributed by atoms with Crippen LogP contribution in [0.25, 0.3) is 0 Å². The average molecular weight is 434 g/mol. The van der Waals surface area contributed by atoms with Crippen LogP contribution in [0.2, 0.25) is 5.02 Å². The van der Waals surface area contributed by atoms with E-state index in [1.807, 2.05) is 30.3 Å². The van der Waals surface area contributed by atoms with Gasteiger partial charge in [-0.1, -0.05) is 49.2 Å². The predicted octanol–water partition coefficient (Wildman–Crippen LogP) is 4.94. The summed E-state index contributed by atoms with van der Waals surface area (Å²) in [7, 11) is 1.38. The Balaban J connectivity index is 1.77. The fraction of sp³-hybridized carbons (Fsp3) is 0.364. The zero-order valence-electron chi connectivity index (χ0n) is 16.5. The molecule has 2 aromatic rings. The van der Waals surface area contributed by atoms with Crippen molar-refractivity contribution >= 4 is 34.9 Å². The number of thiophene rings is 1. The van der Waals surface area contributed by atoms with E-state index in [1.54, 1.807) is 6.07 Å². The number of unbranched alkanes of at least 4 members (excludes halogenated alkanes) is 1. The summed E-state index contributed by atoms with van der Waals surface area (Å²) in [5.41, 5.74) is 1.79. The van der Waals surface area contributed by atoms with Gasteiger partial charge in [0.25, 0.3) is 0 Å². The summed E-state index contributed by atoms with van der Waals surface area (Å²) in [5, 5.41) is 1.11. The number of hydrogen-bond acceptors (Lipinski definition) is 6. The van der Waals surface area contributed by atoms with Gasteiger partial charge in [0.15, 0.2) is 5.06 Å². The number of halogens is 1. The molecule has 1 aromatic heterocycles. The SMILES string of the molecule is CCC/C=C/C(=O)Oc1cc2c(s1)CCN([C@H](C(=O)OC)c1ccccc1Cl)C2. The highest BCUT2D eigenvalue weighted by atomic mass is 35.5. The smallest absolute Gasteiger partial charge is 0.336 e. The minimum Gasteiger partial charge on any atom is -0.468 e. The van der Waals surface area contributed by atoms with Crippen LogP contribution in [0.15, 0.2) is 42.5 Å². The van der Waals surface area contributed by atoms with Crippen molar-refractivity contribution in [2.75, 3.05) is 13.7 Å². The number of benzene rings is 1. The molecule has 0 amide bonds. The molecule has 29 heavy (non-hydrogen) atoms. The van der Waals surface area contributed by atoms with E-state index in [0.717, 1.165) is 30.4 Å². The molecule has 0 fully saturated rings. The van der Waals surface area contributed by atoms with E-state index in [4.69, 9.17) is 21.1 Å². The van der Waals surface area contributed by atoms with Gasteiger partial charge in [-0.25, -0.2) is 9.59 Å². The second-order valence-electron chi connectivity index (χ2n) is 6.79. The topological polar surface area (TPSA) is 55.8 Å². The molecule has 0 spiro atoms. The Morgan fingerprint density at radius 1 is 1.34 bits per heavy atom. The maximum atomic E-state index is 12.6. The number of carbonyl (C=O) groups excluding carboxylic acids is 2. The van der Waals surface area contributed by atoms with Gasteiger partial charge in [-0.05, 0) is 36.1 Å². The van der Waals surface area contributed by atoms with E-state index in [9.17, 15) is 9.59 Å². The standard InChI is InChI=1S/C22H24ClNO4S/c1-3-4-5-10-19(25)28-20-13-15-14-24(12-11-18(15)29-20)21(22(26)27-2)16-8-6-7-9-17(16)23/h5-10,13,21H,3-4,11-12,14H2,1-2H3/b10-5+/t21-/m0/s1. The molecular formula is C22H24ClNO4S. The summed E-state index contributed by atoms with van der Waals surface area (Å²) < 4.78 is 10.5. The highest BCUT2D eigenvalue weighted by Crippen LogP contribution is 2.37. The number of fused-ring (bicyclic) bond motifs is 1. The maximum Gasteiger partial charge on any atom is 0.336 e. The molecule has 3 rings (SSSR count). The minimum atomic E-state index is -0.579. The van der Waals surface area contributed by atoms with E-state index in [0.29, 0.717) is 23.2 Å². The maximum absolute atomic E-state index is 12.6. The fourth-order valence-electron chi connectivity index (χ4n) is 3.36. The lowest BCUT2D eigenvalue weighted by Crippen LogP contribution is -2.38. The largest absolute Gasteiger partial charge is 0.468 e. The number of allylic oxidation sites excluding steroid dienone is 1. The number of hydrogen-bond donors (Lipinski definition) is 0. The summed E-state index contributed by atoms with van der Waals surface area (Å²) >= 11 is 7.84. The van der Waals surface area contributed by atoms with E-state index >= 15 is 0 Å². The molecule has 5 nitrogen and oxygen atoms in total. The number of carbonyl (C=O) groups is 2. The van der Waals surface area contributed by atoms with Crippen LogP contribution in [-0.4, -0.2) is 30.5 Å². The normalized spacial score (nSPS) is 15.1. The Bertz CT molecular complexity index is 908. The lowest BCUT2D eigenvalue weighted by Gasteiger charge is -2.33. The molecule has 154 valence electrons. The molecule has 0 unspecified atom stereocenters. The van der Waals surface area contributed by atoms with Gasteiger partial charge in [0, 0.05) is 29.1 Å². The van der Waals surface area contributed by atoms with Gasteiger partial charge in [-0.3, -0.25) is 4.90 Å². The number of esters is 2. The summed E-state index contributed by atoms with van der Waals surface area (Å²) in [6, 6.07) is 8.63. The van der Waals surface area contributed by atoms with Crippen LogP contribution < -0.4 is 4.74 Å². The van der Waals surface area contributed by atoms with Gasteiger partial charge in [-0.15, -0.1) is 11.3 Å². The molecule has 7 heteroatoms. The zero-order valence-corrected chi connectivity index (χ0v) is 18.1. The summed E-state index contributed by atoms with van der Waals surface area (Å²) in [6.45, 7) is 3.29. The molecule has 0 bridgehead atoms. The predicted molar refractivity (Wildman–Crippen MR) is 114 cm³/mol. The van der Waals surface area contributed by atoms with E-state index < -0.39 is 6.04 Å². The van der Waals surface area contributed by atoms with Crippen molar-refractivity contribution in [3.05, 3.63) is 63.5 Å². The third-order valence-corrected chi connectivity index (χ3v) is 6.23. The molecule has 0 N–H and O–H groups in total. The quantitative estimate of drug-likeness (QED) is 0.457. The Morgan fingerprint density at radius 2 is 2.14 bits per heavy atom. The molecule has 1 aliphatic heterocycles. The Morgan fingerprint density at radius 3 is 2.86 bits per heavy atom. The molecule has 1 aromatic carbocycles. The Kier molecular flexibility index (Phi) is 7.47. The Labute approximate surface area is 179 Å². The second-order valence-corrected chi connectivity index (χ2v) is 8.30. The van der Waals surface area contributed by atoms with E-state index in [-0.39, 0.29) is 11.9 Å². The molecule has 1 atom stereocenters. The Hall–Kier alpha value is -2.15. The fourth-order valence-corrected chi connectivity index (χ4v) is 4.61. The summed E-state index contributed by atoms with van der Waals surface area (Å²) in [4.78, 5) is 27.7.